The zero-order valence-corrected chi connectivity index (χ0v) is 19.9. The molecule has 3 N–H and O–H groups in total. The van der Waals surface area contributed by atoms with Gasteiger partial charge in [-0.3, -0.25) is 4.79 Å². The summed E-state index contributed by atoms with van der Waals surface area (Å²) in [5.41, 5.74) is 6.53. The lowest BCUT2D eigenvalue weighted by atomic mass is 10.1. The van der Waals surface area contributed by atoms with Crippen LogP contribution in [-0.2, 0) is 34.9 Å². The highest BCUT2D eigenvalue weighted by molar-refractivity contribution is 5.94. The first kappa shape index (κ1) is 28.5. The number of hydrogen-bond donors (Lipinski definition) is 2. The number of nitrogens with zero attached hydrogens (tertiary/aromatic N) is 1. The topological polar surface area (TPSA) is 144 Å². The minimum Gasteiger partial charge on any atom is -0.467 e. The SMILES string of the molecule is COCO[C@@H](Cc1nc(C(=O)N[C@H](C)C(=O)OC)co1)C[C@@H](/C=C(C)/C=C/CN)OCOC. The molecule has 0 aliphatic carbocycles. The molecule has 3 atom stereocenters. The first-order chi connectivity index (χ1) is 15.8. The summed E-state index contributed by atoms with van der Waals surface area (Å²) < 4.78 is 31.7. The molecular formula is C22H35N3O8. The average Bonchev–Trinajstić information content (AvgIpc) is 3.27. The van der Waals surface area contributed by atoms with Crippen LogP contribution in [0.2, 0.25) is 0 Å². The summed E-state index contributed by atoms with van der Waals surface area (Å²) in [6.07, 6.45) is 6.91. The first-order valence-electron chi connectivity index (χ1n) is 10.4. The Labute approximate surface area is 194 Å². The van der Waals surface area contributed by atoms with Crippen LogP contribution in [0.4, 0.5) is 0 Å². The number of rotatable bonds is 16. The van der Waals surface area contributed by atoms with E-state index in [9.17, 15) is 9.59 Å². The Morgan fingerprint density at radius 3 is 2.55 bits per heavy atom. The summed E-state index contributed by atoms with van der Waals surface area (Å²) in [5.74, 6) is -0.822. The molecule has 1 aromatic rings. The van der Waals surface area contributed by atoms with Crippen LogP contribution in [0.1, 0.15) is 36.6 Å². The zero-order valence-electron chi connectivity index (χ0n) is 19.9. The lowest BCUT2D eigenvalue weighted by Gasteiger charge is -2.21. The summed E-state index contributed by atoms with van der Waals surface area (Å²) in [6.45, 7) is 4.05. The van der Waals surface area contributed by atoms with E-state index in [2.05, 4.69) is 15.0 Å². The molecule has 1 amide bonds. The molecule has 0 saturated heterocycles. The lowest BCUT2D eigenvalue weighted by molar-refractivity contribution is -0.142. The second-order valence-corrected chi connectivity index (χ2v) is 7.14. The van der Waals surface area contributed by atoms with Crippen LogP contribution < -0.4 is 11.1 Å². The number of aromatic nitrogens is 1. The molecule has 0 unspecified atom stereocenters. The maximum Gasteiger partial charge on any atom is 0.328 e. The summed E-state index contributed by atoms with van der Waals surface area (Å²) in [4.78, 5) is 28.0. The summed E-state index contributed by atoms with van der Waals surface area (Å²) in [7, 11) is 4.31. The minimum absolute atomic E-state index is 0.0427. The molecule has 186 valence electrons. The highest BCUT2D eigenvalue weighted by atomic mass is 16.7. The molecular weight excluding hydrogens is 434 g/mol. The van der Waals surface area contributed by atoms with E-state index in [-0.39, 0.29) is 31.8 Å². The van der Waals surface area contributed by atoms with Gasteiger partial charge in [0.25, 0.3) is 5.91 Å². The van der Waals surface area contributed by atoms with Crippen molar-refractivity contribution in [3.63, 3.8) is 0 Å². The van der Waals surface area contributed by atoms with Crippen molar-refractivity contribution in [3.8, 4) is 0 Å². The number of amides is 1. The molecule has 11 heteroatoms. The van der Waals surface area contributed by atoms with Crippen LogP contribution in [0.25, 0.3) is 0 Å². The van der Waals surface area contributed by atoms with E-state index < -0.39 is 24.0 Å². The maximum atomic E-state index is 12.3. The number of carbonyl (C=O) groups is 2. The minimum atomic E-state index is -0.817. The molecule has 0 aromatic carbocycles. The van der Waals surface area contributed by atoms with Crippen molar-refractivity contribution in [2.24, 2.45) is 5.73 Å². The molecule has 1 heterocycles. The normalized spacial score (nSPS) is 14.8. The number of esters is 1. The largest absolute Gasteiger partial charge is 0.467 e. The van der Waals surface area contributed by atoms with E-state index in [4.69, 9.17) is 29.1 Å². The monoisotopic (exact) mass is 469 g/mol. The van der Waals surface area contributed by atoms with E-state index in [1.54, 1.807) is 7.11 Å². The molecule has 0 saturated carbocycles. The zero-order chi connectivity index (χ0) is 24.6. The second-order valence-electron chi connectivity index (χ2n) is 7.14. The van der Waals surface area contributed by atoms with Crippen molar-refractivity contribution in [1.82, 2.24) is 10.3 Å². The third kappa shape index (κ3) is 11.2. The van der Waals surface area contributed by atoms with Gasteiger partial charge in [-0.05, 0) is 13.8 Å². The Hall–Kier alpha value is -2.57. The van der Waals surface area contributed by atoms with E-state index in [1.165, 1.54) is 27.4 Å². The second kappa shape index (κ2) is 16.1. The van der Waals surface area contributed by atoms with Crippen LogP contribution in [-0.4, -0.2) is 76.6 Å². The number of allylic oxidation sites excluding steroid dienone is 2. The summed E-state index contributed by atoms with van der Waals surface area (Å²) >= 11 is 0. The van der Waals surface area contributed by atoms with Gasteiger partial charge in [0.1, 0.15) is 25.9 Å². The number of oxazole rings is 1. The molecule has 33 heavy (non-hydrogen) atoms. The standard InChI is InChI=1S/C22H35N3O8/c1-15(7-6-8-23)9-17(32-13-28-3)10-18(33-14-29-4)11-20-25-19(12-31-20)21(26)24-16(2)22(27)30-5/h6-7,9,12,16-18H,8,10-11,13-14,23H2,1-5H3,(H,24,26)/b7-6+,15-9+/t16-,17-,18-/m1/s1. The van der Waals surface area contributed by atoms with Gasteiger partial charge < -0.3 is 39.2 Å². The van der Waals surface area contributed by atoms with E-state index in [0.717, 1.165) is 5.57 Å². The van der Waals surface area contributed by atoms with Gasteiger partial charge in [-0.1, -0.05) is 23.8 Å². The predicted octanol–water partition coefficient (Wildman–Crippen LogP) is 1.34. The van der Waals surface area contributed by atoms with Gasteiger partial charge in [-0.15, -0.1) is 0 Å². The fourth-order valence-corrected chi connectivity index (χ4v) is 2.79. The molecule has 11 nitrogen and oxygen atoms in total. The predicted molar refractivity (Wildman–Crippen MR) is 119 cm³/mol. The van der Waals surface area contributed by atoms with Crippen molar-refractivity contribution in [3.05, 3.63) is 41.6 Å². The van der Waals surface area contributed by atoms with Crippen molar-refractivity contribution in [2.45, 2.75) is 44.9 Å². The molecule has 1 rings (SSSR count). The Bertz CT molecular complexity index is 777. The molecule has 0 fully saturated rings. The van der Waals surface area contributed by atoms with Crippen LogP contribution in [0.3, 0.4) is 0 Å². The summed E-state index contributed by atoms with van der Waals surface area (Å²) in [6, 6.07) is -0.817. The lowest BCUT2D eigenvalue weighted by Crippen LogP contribution is -2.39. The van der Waals surface area contributed by atoms with Crippen molar-refractivity contribution < 1.29 is 37.7 Å². The molecule has 0 aliphatic rings. The smallest absolute Gasteiger partial charge is 0.328 e. The van der Waals surface area contributed by atoms with E-state index >= 15 is 0 Å². The first-order valence-corrected chi connectivity index (χ1v) is 10.4. The third-order valence-corrected chi connectivity index (χ3v) is 4.37. The number of nitrogens with one attached hydrogen (secondary N) is 1. The average molecular weight is 470 g/mol. The molecule has 0 spiro atoms. The highest BCUT2D eigenvalue weighted by Crippen LogP contribution is 2.16. The fraction of sp³-hybridized carbons (Fsp3) is 0.591. The van der Waals surface area contributed by atoms with Gasteiger partial charge >= 0.3 is 5.97 Å². The third-order valence-electron chi connectivity index (χ3n) is 4.37. The van der Waals surface area contributed by atoms with Crippen LogP contribution in [0, 0.1) is 0 Å². The van der Waals surface area contributed by atoms with Crippen molar-refractivity contribution >= 4 is 11.9 Å². The number of carbonyl (C=O) groups excluding carboxylic acids is 2. The Morgan fingerprint density at radius 1 is 1.21 bits per heavy atom. The van der Waals surface area contributed by atoms with Gasteiger partial charge in [0.15, 0.2) is 11.6 Å². The van der Waals surface area contributed by atoms with Crippen molar-refractivity contribution in [1.29, 1.82) is 0 Å². The number of ether oxygens (including phenoxy) is 5. The van der Waals surface area contributed by atoms with E-state index in [1.807, 2.05) is 25.2 Å². The molecule has 1 aromatic heterocycles. The number of nitrogens with two attached hydrogens (primary N) is 1. The van der Waals surface area contributed by atoms with Crippen LogP contribution in [0.5, 0.6) is 0 Å². The Kier molecular flexibility index (Phi) is 13.9. The molecule has 0 bridgehead atoms. The van der Waals surface area contributed by atoms with Gasteiger partial charge in [0, 0.05) is 27.2 Å². The van der Waals surface area contributed by atoms with Crippen LogP contribution in [0.15, 0.2) is 34.5 Å². The molecule has 0 radical (unpaired) electrons. The van der Waals surface area contributed by atoms with Gasteiger partial charge in [0.2, 0.25) is 0 Å². The van der Waals surface area contributed by atoms with Gasteiger partial charge in [-0.25, -0.2) is 9.78 Å². The summed E-state index contributed by atoms with van der Waals surface area (Å²) in [5, 5.41) is 2.50. The Morgan fingerprint density at radius 2 is 1.91 bits per heavy atom. The van der Waals surface area contributed by atoms with Gasteiger partial charge in [0.05, 0.1) is 25.7 Å². The van der Waals surface area contributed by atoms with Gasteiger partial charge in [-0.2, -0.15) is 0 Å². The quantitative estimate of drug-likeness (QED) is 0.207. The van der Waals surface area contributed by atoms with Crippen molar-refractivity contribution in [2.75, 3.05) is 41.5 Å². The molecule has 0 aliphatic heterocycles. The number of methoxy groups -OCH3 is 3. The number of hydrogen-bond acceptors (Lipinski definition) is 10. The van der Waals surface area contributed by atoms with E-state index in [0.29, 0.717) is 18.9 Å². The maximum absolute atomic E-state index is 12.3. The Balaban J connectivity index is 2.89. The fourth-order valence-electron chi connectivity index (χ4n) is 2.79. The highest BCUT2D eigenvalue weighted by Gasteiger charge is 2.23. The van der Waals surface area contributed by atoms with Crippen LogP contribution >= 0.6 is 0 Å².